The molecule has 24 heavy (non-hydrogen) atoms. The fraction of sp³-hybridized carbons (Fsp3) is 0.0625. The summed E-state index contributed by atoms with van der Waals surface area (Å²) in [5.74, 6) is 0.110. The Morgan fingerprint density at radius 1 is 0.958 bits per heavy atom. The van der Waals surface area contributed by atoms with Crippen LogP contribution in [-0.2, 0) is 10.1 Å². The van der Waals surface area contributed by atoms with Crippen molar-refractivity contribution in [2.75, 3.05) is 0 Å². The molecule has 4 nitrogen and oxygen atoms in total. The van der Waals surface area contributed by atoms with Crippen LogP contribution in [0.15, 0.2) is 47.4 Å². The second-order valence-electron chi connectivity index (χ2n) is 5.01. The topological polar surface area (TPSA) is 56.3 Å². The molecular formula is C16H10Cl3NO3S. The third kappa shape index (κ3) is 3.30. The van der Waals surface area contributed by atoms with Gasteiger partial charge < -0.3 is 4.18 Å². The smallest absolute Gasteiger partial charge is 0.340 e. The Labute approximate surface area is 154 Å². The minimum absolute atomic E-state index is 0.0649. The van der Waals surface area contributed by atoms with E-state index in [1.807, 2.05) is 18.2 Å². The van der Waals surface area contributed by atoms with Gasteiger partial charge >= 0.3 is 10.1 Å². The van der Waals surface area contributed by atoms with Crippen molar-refractivity contribution in [3.8, 4) is 5.75 Å². The summed E-state index contributed by atoms with van der Waals surface area (Å²) in [7, 11) is -4.20. The van der Waals surface area contributed by atoms with Gasteiger partial charge in [-0.3, -0.25) is 0 Å². The average Bonchev–Trinajstić information content (AvgIpc) is 2.51. The second kappa shape index (κ2) is 6.41. The van der Waals surface area contributed by atoms with Crippen molar-refractivity contribution < 1.29 is 12.6 Å². The van der Waals surface area contributed by atoms with Gasteiger partial charge in [0.1, 0.15) is 10.4 Å². The molecular weight excluding hydrogens is 393 g/mol. The Kier molecular flexibility index (Phi) is 4.62. The highest BCUT2D eigenvalue weighted by molar-refractivity contribution is 7.87. The lowest BCUT2D eigenvalue weighted by Crippen LogP contribution is -2.11. The van der Waals surface area contributed by atoms with Crippen molar-refractivity contribution >= 4 is 55.8 Å². The lowest BCUT2D eigenvalue weighted by atomic mass is 10.2. The largest absolute Gasteiger partial charge is 0.377 e. The molecule has 124 valence electrons. The zero-order valence-electron chi connectivity index (χ0n) is 12.3. The van der Waals surface area contributed by atoms with Gasteiger partial charge in [0, 0.05) is 11.1 Å². The number of rotatable bonds is 3. The average molecular weight is 403 g/mol. The number of benzene rings is 2. The number of aromatic nitrogens is 1. The fourth-order valence-electron chi connectivity index (χ4n) is 2.14. The van der Waals surface area contributed by atoms with Crippen LogP contribution in [0.2, 0.25) is 15.1 Å². The summed E-state index contributed by atoms with van der Waals surface area (Å²) < 4.78 is 30.4. The standard InChI is InChI=1S/C16H10Cl3NO3S/c1-9-5-6-10-3-2-4-14(16(10)20-9)23-24(21,22)15-8-12(18)11(17)7-13(15)19/h2-8H,1H3. The van der Waals surface area contributed by atoms with E-state index in [1.54, 1.807) is 13.0 Å². The minimum Gasteiger partial charge on any atom is -0.377 e. The first kappa shape index (κ1) is 17.3. The molecule has 0 aliphatic heterocycles. The first-order valence-corrected chi connectivity index (χ1v) is 9.27. The van der Waals surface area contributed by atoms with Crippen molar-refractivity contribution in [1.29, 1.82) is 0 Å². The van der Waals surface area contributed by atoms with Crippen LogP contribution < -0.4 is 4.18 Å². The van der Waals surface area contributed by atoms with Gasteiger partial charge in [-0.15, -0.1) is 0 Å². The first-order valence-electron chi connectivity index (χ1n) is 6.73. The summed E-state index contributed by atoms with van der Waals surface area (Å²) in [4.78, 5) is 4.08. The number of halogens is 3. The Bertz CT molecular complexity index is 1050. The molecule has 3 aromatic rings. The molecule has 0 aliphatic carbocycles. The highest BCUT2D eigenvalue weighted by Crippen LogP contribution is 2.34. The Morgan fingerprint density at radius 2 is 1.67 bits per heavy atom. The summed E-state index contributed by atoms with van der Waals surface area (Å²) in [6, 6.07) is 11.1. The molecule has 0 N–H and O–H groups in total. The van der Waals surface area contributed by atoms with E-state index in [-0.39, 0.29) is 25.7 Å². The van der Waals surface area contributed by atoms with Crippen LogP contribution in [-0.4, -0.2) is 13.4 Å². The van der Waals surface area contributed by atoms with Gasteiger partial charge in [-0.2, -0.15) is 8.42 Å². The Morgan fingerprint density at radius 3 is 2.42 bits per heavy atom. The van der Waals surface area contributed by atoms with Crippen LogP contribution in [0.25, 0.3) is 10.9 Å². The third-order valence-electron chi connectivity index (χ3n) is 3.27. The molecule has 0 bridgehead atoms. The maximum Gasteiger partial charge on any atom is 0.340 e. The van der Waals surface area contributed by atoms with E-state index in [9.17, 15) is 8.42 Å². The van der Waals surface area contributed by atoms with E-state index in [4.69, 9.17) is 39.0 Å². The first-order chi connectivity index (χ1) is 11.3. The number of hydrogen-bond acceptors (Lipinski definition) is 4. The number of fused-ring (bicyclic) bond motifs is 1. The summed E-state index contributed by atoms with van der Waals surface area (Å²) in [6.07, 6.45) is 0. The molecule has 0 radical (unpaired) electrons. The fourth-order valence-corrected chi connectivity index (χ4v) is 4.06. The summed E-state index contributed by atoms with van der Waals surface area (Å²) in [5, 5.41) is 0.903. The number of aryl methyl sites for hydroxylation is 1. The van der Waals surface area contributed by atoms with Crippen molar-refractivity contribution in [2.24, 2.45) is 0 Å². The monoisotopic (exact) mass is 401 g/mol. The van der Waals surface area contributed by atoms with Crippen LogP contribution in [0.3, 0.4) is 0 Å². The maximum atomic E-state index is 12.6. The molecule has 3 rings (SSSR count). The van der Waals surface area contributed by atoms with Gasteiger partial charge in [0.05, 0.1) is 15.1 Å². The van der Waals surface area contributed by atoms with Gasteiger partial charge in [-0.25, -0.2) is 4.98 Å². The number of pyridine rings is 1. The predicted molar refractivity (Wildman–Crippen MR) is 95.8 cm³/mol. The molecule has 8 heteroatoms. The van der Waals surface area contributed by atoms with E-state index in [0.29, 0.717) is 5.52 Å². The molecule has 1 heterocycles. The lowest BCUT2D eigenvalue weighted by molar-refractivity contribution is 0.488. The number of hydrogen-bond donors (Lipinski definition) is 0. The summed E-state index contributed by atoms with van der Waals surface area (Å²) >= 11 is 17.7. The molecule has 2 aromatic carbocycles. The van der Waals surface area contributed by atoms with E-state index in [1.165, 1.54) is 12.1 Å². The predicted octanol–water partition coefficient (Wildman–Crippen LogP) is 5.27. The van der Waals surface area contributed by atoms with Gasteiger partial charge in [-0.1, -0.05) is 53.0 Å². The van der Waals surface area contributed by atoms with Gasteiger partial charge in [0.25, 0.3) is 0 Å². The molecule has 1 aromatic heterocycles. The molecule has 0 fully saturated rings. The maximum absolute atomic E-state index is 12.6. The van der Waals surface area contributed by atoms with Crippen LogP contribution in [0.1, 0.15) is 5.69 Å². The van der Waals surface area contributed by atoms with Crippen LogP contribution in [0.5, 0.6) is 5.75 Å². The van der Waals surface area contributed by atoms with Crippen LogP contribution in [0.4, 0.5) is 0 Å². The SMILES string of the molecule is Cc1ccc2cccc(OS(=O)(=O)c3cc(Cl)c(Cl)cc3Cl)c2n1. The van der Waals surface area contributed by atoms with E-state index < -0.39 is 10.1 Å². The zero-order chi connectivity index (χ0) is 17.5. The molecule has 0 unspecified atom stereocenters. The molecule has 0 amide bonds. The second-order valence-corrected chi connectivity index (χ2v) is 7.75. The van der Waals surface area contributed by atoms with Crippen LogP contribution in [0, 0.1) is 6.92 Å². The van der Waals surface area contributed by atoms with E-state index >= 15 is 0 Å². The molecule has 0 saturated carbocycles. The van der Waals surface area contributed by atoms with Gasteiger partial charge in [-0.05, 0) is 31.2 Å². The highest BCUT2D eigenvalue weighted by Gasteiger charge is 2.23. The van der Waals surface area contributed by atoms with Gasteiger partial charge in [0.2, 0.25) is 0 Å². The van der Waals surface area contributed by atoms with E-state index in [0.717, 1.165) is 17.1 Å². The quantitative estimate of drug-likeness (QED) is 0.442. The number of nitrogens with zero attached hydrogens (tertiary/aromatic N) is 1. The Hall–Kier alpha value is -1.53. The van der Waals surface area contributed by atoms with Crippen molar-refractivity contribution in [1.82, 2.24) is 4.98 Å². The molecule has 0 saturated heterocycles. The van der Waals surface area contributed by atoms with E-state index in [2.05, 4.69) is 4.98 Å². The molecule has 0 atom stereocenters. The van der Waals surface area contributed by atoms with Gasteiger partial charge in [0.15, 0.2) is 5.75 Å². The summed E-state index contributed by atoms with van der Waals surface area (Å²) in [6.45, 7) is 1.81. The Balaban J connectivity index is 2.11. The molecule has 0 aliphatic rings. The zero-order valence-corrected chi connectivity index (χ0v) is 15.3. The third-order valence-corrected chi connectivity index (χ3v) is 5.69. The normalized spacial score (nSPS) is 11.7. The summed E-state index contributed by atoms with van der Waals surface area (Å²) in [5.41, 5.74) is 1.18. The number of para-hydroxylation sites is 1. The highest BCUT2D eigenvalue weighted by atomic mass is 35.5. The van der Waals surface area contributed by atoms with Crippen molar-refractivity contribution in [3.05, 3.63) is 63.2 Å². The lowest BCUT2D eigenvalue weighted by Gasteiger charge is -2.11. The minimum atomic E-state index is -4.20. The van der Waals surface area contributed by atoms with Crippen LogP contribution >= 0.6 is 34.8 Å². The van der Waals surface area contributed by atoms with Crippen molar-refractivity contribution in [2.45, 2.75) is 11.8 Å². The van der Waals surface area contributed by atoms with Crippen molar-refractivity contribution in [3.63, 3.8) is 0 Å². The molecule has 0 spiro atoms.